The van der Waals surface area contributed by atoms with Gasteiger partial charge in [-0.2, -0.15) is 5.10 Å². The molecule has 1 aliphatic carbocycles. The summed E-state index contributed by atoms with van der Waals surface area (Å²) in [4.78, 5) is 14.3. The van der Waals surface area contributed by atoms with Crippen molar-refractivity contribution < 1.29 is 0 Å². The van der Waals surface area contributed by atoms with E-state index in [-0.39, 0.29) is 5.56 Å². The van der Waals surface area contributed by atoms with Crippen molar-refractivity contribution in [1.82, 2.24) is 15.1 Å². The van der Waals surface area contributed by atoms with Gasteiger partial charge < -0.3 is 10.2 Å². The molecule has 1 saturated carbocycles. The van der Waals surface area contributed by atoms with E-state index < -0.39 is 0 Å². The van der Waals surface area contributed by atoms with E-state index in [9.17, 15) is 4.79 Å². The number of aromatic nitrogens is 2. The second-order valence-electron chi connectivity index (χ2n) is 5.85. The molecule has 0 bridgehead atoms. The maximum atomic E-state index is 12.0. The Hall–Kier alpha value is -1.07. The largest absolute Gasteiger partial charge is 0.366 e. The minimum Gasteiger partial charge on any atom is -0.366 e. The number of piperidine rings is 1. The van der Waals surface area contributed by atoms with Gasteiger partial charge in [-0.15, -0.1) is 0 Å². The fraction of sp³-hybridized carbons (Fsp3) is 0.714. The molecule has 1 N–H and O–H groups in total. The topological polar surface area (TPSA) is 50.2 Å². The van der Waals surface area contributed by atoms with Crippen molar-refractivity contribution in [2.75, 3.05) is 24.5 Å². The first-order valence-electron chi connectivity index (χ1n) is 7.36. The van der Waals surface area contributed by atoms with Crippen molar-refractivity contribution in [3.63, 3.8) is 0 Å². The lowest BCUT2D eigenvalue weighted by Crippen LogP contribution is -2.38. The predicted molar refractivity (Wildman–Crippen MR) is 80.4 cm³/mol. The summed E-state index contributed by atoms with van der Waals surface area (Å²) in [5, 5.41) is 7.83. The Bertz CT molecular complexity index is 534. The number of halogens is 1. The highest BCUT2D eigenvalue weighted by Gasteiger charge is 2.33. The molecular formula is C14H21ClN4O. The molecule has 20 heavy (non-hydrogen) atoms. The van der Waals surface area contributed by atoms with E-state index in [1.165, 1.54) is 30.4 Å². The summed E-state index contributed by atoms with van der Waals surface area (Å²) < 4.78 is 1.29. The van der Waals surface area contributed by atoms with Crippen LogP contribution in [0.4, 0.5) is 5.69 Å². The molecule has 0 aromatic carbocycles. The van der Waals surface area contributed by atoms with Crippen molar-refractivity contribution in [3.8, 4) is 0 Å². The summed E-state index contributed by atoms with van der Waals surface area (Å²) in [5.41, 5.74) is 0.607. The Balaban J connectivity index is 1.83. The number of aryl methyl sites for hydroxylation is 1. The van der Waals surface area contributed by atoms with Gasteiger partial charge in [-0.1, -0.05) is 11.6 Å². The molecule has 2 aliphatic rings. The third-order valence-corrected chi connectivity index (χ3v) is 4.63. The number of nitrogens with zero attached hydrogens (tertiary/aromatic N) is 3. The number of nitrogens with one attached hydrogen (secondary N) is 1. The predicted octanol–water partition coefficient (Wildman–Crippen LogP) is 1.40. The van der Waals surface area contributed by atoms with Gasteiger partial charge in [0.25, 0.3) is 5.56 Å². The highest BCUT2D eigenvalue weighted by atomic mass is 35.5. The van der Waals surface area contributed by atoms with Crippen LogP contribution >= 0.6 is 11.6 Å². The molecule has 1 aromatic heterocycles. The van der Waals surface area contributed by atoms with Crippen LogP contribution in [0.25, 0.3) is 0 Å². The maximum absolute atomic E-state index is 12.0. The van der Waals surface area contributed by atoms with Gasteiger partial charge in [0.2, 0.25) is 0 Å². The van der Waals surface area contributed by atoms with E-state index in [0.29, 0.717) is 17.0 Å². The monoisotopic (exact) mass is 296 g/mol. The molecule has 0 spiro atoms. The van der Waals surface area contributed by atoms with Crippen molar-refractivity contribution >= 4 is 17.3 Å². The summed E-state index contributed by atoms with van der Waals surface area (Å²) >= 11 is 6.26. The zero-order valence-corrected chi connectivity index (χ0v) is 12.6. The van der Waals surface area contributed by atoms with E-state index in [2.05, 4.69) is 15.3 Å². The third kappa shape index (κ3) is 2.83. The molecule has 5 nitrogen and oxygen atoms in total. The molecular weight excluding hydrogens is 276 g/mol. The smallest absolute Gasteiger partial charge is 0.287 e. The minimum atomic E-state index is -0.208. The van der Waals surface area contributed by atoms with Crippen LogP contribution in [-0.4, -0.2) is 35.5 Å². The molecule has 0 atom stereocenters. The number of hydrogen-bond donors (Lipinski definition) is 1. The van der Waals surface area contributed by atoms with Crippen LogP contribution < -0.4 is 15.8 Å². The summed E-state index contributed by atoms with van der Waals surface area (Å²) in [5.74, 6) is 0.678. The quantitative estimate of drug-likeness (QED) is 0.912. The zero-order valence-electron chi connectivity index (χ0n) is 11.8. The van der Waals surface area contributed by atoms with Crippen molar-refractivity contribution in [1.29, 1.82) is 0 Å². The van der Waals surface area contributed by atoms with Gasteiger partial charge in [0, 0.05) is 19.6 Å². The van der Waals surface area contributed by atoms with Gasteiger partial charge in [0.05, 0.1) is 11.9 Å². The molecule has 0 amide bonds. The van der Waals surface area contributed by atoms with E-state index in [4.69, 9.17) is 11.6 Å². The van der Waals surface area contributed by atoms with Gasteiger partial charge in [-0.05, 0) is 44.7 Å². The second kappa shape index (κ2) is 5.74. The van der Waals surface area contributed by atoms with Gasteiger partial charge in [-0.3, -0.25) is 4.79 Å². The average molecular weight is 297 g/mol. The Morgan fingerprint density at radius 2 is 2.10 bits per heavy atom. The lowest BCUT2D eigenvalue weighted by atomic mass is 9.97. The minimum absolute atomic E-state index is 0.208. The number of rotatable bonds is 4. The van der Waals surface area contributed by atoms with Gasteiger partial charge >= 0.3 is 0 Å². The van der Waals surface area contributed by atoms with Crippen LogP contribution in [0.15, 0.2) is 11.0 Å². The summed E-state index contributed by atoms with van der Waals surface area (Å²) in [7, 11) is 1.63. The highest BCUT2D eigenvalue weighted by molar-refractivity contribution is 6.33. The first-order valence-corrected chi connectivity index (χ1v) is 7.74. The van der Waals surface area contributed by atoms with Crippen molar-refractivity contribution in [2.45, 2.75) is 31.7 Å². The van der Waals surface area contributed by atoms with E-state index in [1.807, 2.05) is 0 Å². The van der Waals surface area contributed by atoms with Crippen LogP contribution in [0, 0.1) is 5.92 Å². The number of anilines is 1. The molecule has 1 saturated heterocycles. The van der Waals surface area contributed by atoms with Crippen molar-refractivity contribution in [2.24, 2.45) is 13.0 Å². The zero-order chi connectivity index (χ0) is 14.1. The second-order valence-corrected chi connectivity index (χ2v) is 6.23. The van der Waals surface area contributed by atoms with Gasteiger partial charge in [0.1, 0.15) is 5.02 Å². The molecule has 1 aromatic rings. The van der Waals surface area contributed by atoms with E-state index in [1.54, 1.807) is 13.2 Å². The molecule has 6 heteroatoms. The molecule has 3 rings (SSSR count). The van der Waals surface area contributed by atoms with E-state index >= 15 is 0 Å². The molecule has 1 aliphatic heterocycles. The Morgan fingerprint density at radius 3 is 2.75 bits per heavy atom. The highest BCUT2D eigenvalue weighted by Crippen LogP contribution is 2.35. The van der Waals surface area contributed by atoms with Crippen LogP contribution in [-0.2, 0) is 7.05 Å². The van der Waals surface area contributed by atoms with E-state index in [0.717, 1.165) is 25.3 Å². The normalized spacial score (nSPS) is 20.1. The molecule has 0 radical (unpaired) electrons. The molecule has 110 valence electrons. The lowest BCUT2D eigenvalue weighted by molar-refractivity contribution is 0.372. The van der Waals surface area contributed by atoms with Crippen LogP contribution in [0.2, 0.25) is 5.02 Å². The summed E-state index contributed by atoms with van der Waals surface area (Å²) in [6, 6.07) is 0.538. The molecule has 0 unspecified atom stereocenters. The Morgan fingerprint density at radius 1 is 1.40 bits per heavy atom. The maximum Gasteiger partial charge on any atom is 0.287 e. The molecule has 2 heterocycles. The lowest BCUT2D eigenvalue weighted by Gasteiger charge is -2.32. The first kappa shape index (κ1) is 13.9. The standard InChI is InChI=1S/C14H21ClN4O/c1-18-14(20)13(15)12(8-17-18)19(11-2-3-11)9-10-4-6-16-7-5-10/h8,10-11,16H,2-7,9H2,1H3. The van der Waals surface area contributed by atoms with Gasteiger partial charge in [-0.25, -0.2) is 4.68 Å². The fourth-order valence-electron chi connectivity index (χ4n) is 2.88. The fourth-order valence-corrected chi connectivity index (χ4v) is 3.15. The van der Waals surface area contributed by atoms with Gasteiger partial charge in [0.15, 0.2) is 0 Å². The number of hydrogen-bond acceptors (Lipinski definition) is 4. The van der Waals surface area contributed by atoms with Crippen molar-refractivity contribution in [3.05, 3.63) is 21.6 Å². The SMILES string of the molecule is Cn1ncc(N(CC2CCNCC2)C2CC2)c(Cl)c1=O. The Kier molecular flexibility index (Phi) is 3.98. The first-order chi connectivity index (χ1) is 9.66. The third-order valence-electron chi connectivity index (χ3n) is 4.27. The molecule has 2 fully saturated rings. The van der Waals surface area contributed by atoms with Crippen LogP contribution in [0.3, 0.4) is 0 Å². The summed E-state index contributed by atoms with van der Waals surface area (Å²) in [6.45, 7) is 3.17. The van der Waals surface area contributed by atoms with Crippen LogP contribution in [0.1, 0.15) is 25.7 Å². The Labute approximate surface area is 123 Å². The van der Waals surface area contributed by atoms with Crippen LogP contribution in [0.5, 0.6) is 0 Å². The summed E-state index contributed by atoms with van der Waals surface area (Å²) in [6.07, 6.45) is 6.51. The average Bonchev–Trinajstić information content (AvgIpc) is 3.29.